The third-order valence-corrected chi connectivity index (χ3v) is 6.38. The number of sulfonamides is 1. The van der Waals surface area contributed by atoms with Gasteiger partial charge in [0, 0.05) is 13.6 Å². The Morgan fingerprint density at radius 3 is 2.10 bits per heavy atom. The monoisotopic (exact) mass is 408 g/mol. The van der Waals surface area contributed by atoms with Crippen LogP contribution in [-0.4, -0.2) is 32.8 Å². The van der Waals surface area contributed by atoms with E-state index < -0.39 is 10.0 Å². The van der Waals surface area contributed by atoms with E-state index in [9.17, 15) is 13.2 Å². The van der Waals surface area contributed by atoms with E-state index in [0.29, 0.717) is 12.2 Å². The summed E-state index contributed by atoms with van der Waals surface area (Å²) in [5.74, 6) is -0.283. The van der Waals surface area contributed by atoms with Gasteiger partial charge < -0.3 is 4.90 Å². The van der Waals surface area contributed by atoms with Gasteiger partial charge in [-0.15, -0.1) is 0 Å². The fraction of sp³-hybridized carbons (Fsp3) is 0.174. The predicted molar refractivity (Wildman–Crippen MR) is 115 cm³/mol. The number of likely N-dealkylation sites (N-methyl/N-ethyl adjacent to an activating group) is 1. The number of carbonyl (C=O) groups excluding carboxylic acids is 1. The van der Waals surface area contributed by atoms with E-state index in [1.165, 1.54) is 16.4 Å². The van der Waals surface area contributed by atoms with Crippen LogP contribution in [0.3, 0.4) is 0 Å². The van der Waals surface area contributed by atoms with Gasteiger partial charge in [0.25, 0.3) is 10.0 Å². The van der Waals surface area contributed by atoms with Crippen LogP contribution in [0.4, 0.5) is 5.69 Å². The zero-order valence-electron chi connectivity index (χ0n) is 16.5. The lowest BCUT2D eigenvalue weighted by Gasteiger charge is -2.27. The molecule has 0 aliphatic rings. The van der Waals surface area contributed by atoms with Gasteiger partial charge in [-0.1, -0.05) is 60.7 Å². The fourth-order valence-corrected chi connectivity index (χ4v) is 4.43. The van der Waals surface area contributed by atoms with Crippen molar-refractivity contribution in [3.8, 4) is 0 Å². The van der Waals surface area contributed by atoms with Gasteiger partial charge >= 0.3 is 0 Å². The lowest BCUT2D eigenvalue weighted by molar-refractivity contribution is -0.128. The number of benzene rings is 3. The molecule has 0 aliphatic heterocycles. The van der Waals surface area contributed by atoms with E-state index >= 15 is 0 Å². The highest BCUT2D eigenvalue weighted by molar-refractivity contribution is 7.92. The lowest BCUT2D eigenvalue weighted by atomic mass is 10.2. The van der Waals surface area contributed by atoms with E-state index in [-0.39, 0.29) is 17.3 Å². The molecule has 3 aromatic rings. The summed E-state index contributed by atoms with van der Waals surface area (Å²) in [5.41, 5.74) is 2.37. The van der Waals surface area contributed by atoms with Crippen LogP contribution in [-0.2, 0) is 21.4 Å². The molecule has 150 valence electrons. The summed E-state index contributed by atoms with van der Waals surface area (Å²) in [7, 11) is -2.21. The van der Waals surface area contributed by atoms with Crippen molar-refractivity contribution < 1.29 is 13.2 Å². The highest BCUT2D eigenvalue weighted by Gasteiger charge is 2.28. The quantitative estimate of drug-likeness (QED) is 0.597. The first-order valence-corrected chi connectivity index (χ1v) is 10.7. The Balaban J connectivity index is 1.90. The molecule has 0 aliphatic carbocycles. The zero-order chi connectivity index (χ0) is 20.9. The van der Waals surface area contributed by atoms with Crippen LogP contribution in [0.15, 0.2) is 89.8 Å². The highest BCUT2D eigenvalue weighted by Crippen LogP contribution is 2.24. The van der Waals surface area contributed by atoms with Crippen molar-refractivity contribution in [3.63, 3.8) is 0 Å². The summed E-state index contributed by atoms with van der Waals surface area (Å²) in [5, 5.41) is 0. The maximum absolute atomic E-state index is 13.3. The first-order chi connectivity index (χ1) is 13.9. The second-order valence-electron chi connectivity index (χ2n) is 6.90. The topological polar surface area (TPSA) is 57.7 Å². The standard InChI is InChI=1S/C23H24N2O3S/c1-19-10-9-13-21(16-19)25(29(27,28)22-14-7-4-8-15-22)18-23(26)24(2)17-20-11-5-3-6-12-20/h3-16H,17-18H2,1-2H3. The van der Waals surface area contributed by atoms with Crippen LogP contribution in [0.25, 0.3) is 0 Å². The van der Waals surface area contributed by atoms with Crippen molar-refractivity contribution in [2.24, 2.45) is 0 Å². The van der Waals surface area contributed by atoms with E-state index in [2.05, 4.69) is 0 Å². The Hall–Kier alpha value is -3.12. The molecule has 0 fully saturated rings. The molecule has 0 atom stereocenters. The molecule has 0 saturated carbocycles. The van der Waals surface area contributed by atoms with Crippen LogP contribution in [0, 0.1) is 6.92 Å². The first kappa shape index (κ1) is 20.6. The van der Waals surface area contributed by atoms with Crippen molar-refractivity contribution >= 4 is 21.6 Å². The summed E-state index contributed by atoms with van der Waals surface area (Å²) in [6.45, 7) is 2.02. The molecule has 5 nitrogen and oxygen atoms in total. The number of anilines is 1. The SMILES string of the molecule is Cc1cccc(N(CC(=O)N(C)Cc2ccccc2)S(=O)(=O)c2ccccc2)c1. The van der Waals surface area contributed by atoms with Gasteiger partial charge in [-0.2, -0.15) is 0 Å². The normalized spacial score (nSPS) is 11.1. The minimum atomic E-state index is -3.89. The third kappa shape index (κ3) is 5.03. The largest absolute Gasteiger partial charge is 0.340 e. The van der Waals surface area contributed by atoms with Crippen LogP contribution < -0.4 is 4.31 Å². The van der Waals surface area contributed by atoms with E-state index in [1.54, 1.807) is 48.3 Å². The van der Waals surface area contributed by atoms with Gasteiger partial charge in [-0.25, -0.2) is 8.42 Å². The molecule has 0 unspecified atom stereocenters. The number of nitrogens with zero attached hydrogens (tertiary/aromatic N) is 2. The van der Waals surface area contributed by atoms with Crippen molar-refractivity contribution in [1.82, 2.24) is 4.90 Å². The molecule has 6 heteroatoms. The number of hydrogen-bond acceptors (Lipinski definition) is 3. The van der Waals surface area contributed by atoms with E-state index in [1.807, 2.05) is 43.3 Å². The molecule has 0 N–H and O–H groups in total. The number of amides is 1. The molecule has 0 bridgehead atoms. The molecule has 0 spiro atoms. The Morgan fingerprint density at radius 1 is 0.862 bits per heavy atom. The number of aryl methyl sites for hydroxylation is 1. The smallest absolute Gasteiger partial charge is 0.264 e. The maximum Gasteiger partial charge on any atom is 0.264 e. The number of rotatable bonds is 7. The molecule has 3 aromatic carbocycles. The van der Waals surface area contributed by atoms with Gasteiger partial charge in [0.1, 0.15) is 6.54 Å². The average Bonchev–Trinajstić information content (AvgIpc) is 2.73. The minimum Gasteiger partial charge on any atom is -0.340 e. The second kappa shape index (κ2) is 8.92. The van der Waals surface area contributed by atoms with Crippen molar-refractivity contribution in [2.75, 3.05) is 17.9 Å². The third-order valence-electron chi connectivity index (χ3n) is 4.59. The van der Waals surface area contributed by atoms with E-state index in [0.717, 1.165) is 11.1 Å². The summed E-state index contributed by atoms with van der Waals surface area (Å²) in [4.78, 5) is 14.6. The lowest BCUT2D eigenvalue weighted by Crippen LogP contribution is -2.41. The van der Waals surface area contributed by atoms with Crippen LogP contribution in [0.1, 0.15) is 11.1 Å². The second-order valence-corrected chi connectivity index (χ2v) is 8.76. The predicted octanol–water partition coefficient (Wildman–Crippen LogP) is 3.85. The Bertz CT molecular complexity index is 1070. The molecule has 1 amide bonds. The first-order valence-electron chi connectivity index (χ1n) is 9.30. The zero-order valence-corrected chi connectivity index (χ0v) is 17.3. The molecule has 0 aromatic heterocycles. The molecule has 3 rings (SSSR count). The van der Waals surface area contributed by atoms with Gasteiger partial charge in [0.2, 0.25) is 5.91 Å². The fourth-order valence-electron chi connectivity index (χ4n) is 3.01. The molecule has 29 heavy (non-hydrogen) atoms. The maximum atomic E-state index is 13.3. The summed E-state index contributed by atoms with van der Waals surface area (Å²) >= 11 is 0. The van der Waals surface area contributed by atoms with E-state index in [4.69, 9.17) is 0 Å². The average molecular weight is 409 g/mol. The van der Waals surface area contributed by atoms with Gasteiger partial charge in [-0.05, 0) is 42.3 Å². The van der Waals surface area contributed by atoms with Crippen LogP contribution in [0.5, 0.6) is 0 Å². The summed E-state index contributed by atoms with van der Waals surface area (Å²) in [6.07, 6.45) is 0. The molecule has 0 radical (unpaired) electrons. The highest BCUT2D eigenvalue weighted by atomic mass is 32.2. The molecule has 0 heterocycles. The van der Waals surface area contributed by atoms with Gasteiger partial charge in [0.05, 0.1) is 10.6 Å². The summed E-state index contributed by atoms with van der Waals surface area (Å²) < 4.78 is 27.8. The number of carbonyl (C=O) groups is 1. The van der Waals surface area contributed by atoms with Gasteiger partial charge in [0.15, 0.2) is 0 Å². The van der Waals surface area contributed by atoms with Crippen LogP contribution >= 0.6 is 0 Å². The molecule has 0 saturated heterocycles. The summed E-state index contributed by atoms with van der Waals surface area (Å²) in [6, 6.07) is 24.9. The Kier molecular flexibility index (Phi) is 6.34. The molecular formula is C23H24N2O3S. The van der Waals surface area contributed by atoms with Crippen molar-refractivity contribution in [2.45, 2.75) is 18.4 Å². The van der Waals surface area contributed by atoms with Crippen molar-refractivity contribution in [1.29, 1.82) is 0 Å². The minimum absolute atomic E-state index is 0.153. The molecular weight excluding hydrogens is 384 g/mol. The van der Waals surface area contributed by atoms with Crippen molar-refractivity contribution in [3.05, 3.63) is 96.1 Å². The Labute approximate surface area is 172 Å². The Morgan fingerprint density at radius 2 is 1.48 bits per heavy atom. The number of hydrogen-bond donors (Lipinski definition) is 0. The van der Waals surface area contributed by atoms with Crippen LogP contribution in [0.2, 0.25) is 0 Å². The van der Waals surface area contributed by atoms with Gasteiger partial charge in [-0.3, -0.25) is 9.10 Å².